The summed E-state index contributed by atoms with van der Waals surface area (Å²) in [5.41, 5.74) is 1.27. The van der Waals surface area contributed by atoms with Crippen LogP contribution in [0.5, 0.6) is 0 Å². The number of halogens is 2. The number of aromatic amines is 1. The number of hydrogen-bond acceptors (Lipinski definition) is 7. The summed E-state index contributed by atoms with van der Waals surface area (Å²) in [7, 11) is 0. The number of carbonyl (C=O) groups excluding carboxylic acids is 2. The number of aliphatic hydroxyl groups is 1. The van der Waals surface area contributed by atoms with Crippen molar-refractivity contribution in [1.82, 2.24) is 15.3 Å². The molecular weight excluding hydrogens is 439 g/mol. The Morgan fingerprint density at radius 3 is 2.59 bits per heavy atom. The molecule has 0 spiro atoms. The highest BCUT2D eigenvalue weighted by atomic mass is 35.5. The van der Waals surface area contributed by atoms with Gasteiger partial charge in [-0.25, -0.2) is 9.78 Å². The lowest BCUT2D eigenvalue weighted by Gasteiger charge is -2.19. The fraction of sp³-hybridized carbons (Fsp3) is 0.500. The standard InChI is InChI=1S/C18H20Cl2N4O4S/c1-3-28-17(27)15-10(6-25)22-18(29-15)24-4-8-9(5-24)13(8)23-16(26)14-12(20)11(19)7(2)21-14/h8-9,13,21,25H,3-6H2,1-2H3,(H,23,26)/t8-,9+,13+. The number of esters is 1. The van der Waals surface area contributed by atoms with Crippen LogP contribution >= 0.6 is 34.5 Å². The van der Waals surface area contributed by atoms with Gasteiger partial charge in [-0.2, -0.15) is 0 Å². The Hall–Kier alpha value is -1.81. The van der Waals surface area contributed by atoms with Gasteiger partial charge in [-0.15, -0.1) is 0 Å². The van der Waals surface area contributed by atoms with Gasteiger partial charge >= 0.3 is 5.97 Å². The zero-order valence-electron chi connectivity index (χ0n) is 15.8. The van der Waals surface area contributed by atoms with Crippen LogP contribution in [0.1, 0.15) is 38.5 Å². The Morgan fingerprint density at radius 2 is 2.03 bits per heavy atom. The van der Waals surface area contributed by atoms with Gasteiger partial charge in [-0.3, -0.25) is 4.79 Å². The highest BCUT2D eigenvalue weighted by Crippen LogP contribution is 2.48. The van der Waals surface area contributed by atoms with Crippen molar-refractivity contribution in [1.29, 1.82) is 0 Å². The third-order valence-electron chi connectivity index (χ3n) is 5.34. The minimum atomic E-state index is -0.466. The minimum Gasteiger partial charge on any atom is -0.462 e. The second kappa shape index (κ2) is 7.79. The topological polar surface area (TPSA) is 108 Å². The number of piperidine rings is 1. The van der Waals surface area contributed by atoms with E-state index in [1.807, 2.05) is 0 Å². The summed E-state index contributed by atoms with van der Waals surface area (Å²) in [5.74, 6) is -0.127. The van der Waals surface area contributed by atoms with Crippen LogP contribution in [-0.4, -0.2) is 52.7 Å². The van der Waals surface area contributed by atoms with Crippen LogP contribution in [0.2, 0.25) is 10.0 Å². The maximum atomic E-state index is 12.5. The molecule has 1 aliphatic heterocycles. The van der Waals surface area contributed by atoms with Crippen molar-refractivity contribution in [2.45, 2.75) is 26.5 Å². The molecular formula is C18H20Cl2N4O4S. The summed E-state index contributed by atoms with van der Waals surface area (Å²) in [6.07, 6.45) is 0. The van der Waals surface area contributed by atoms with Crippen molar-refractivity contribution in [3.8, 4) is 0 Å². The number of amides is 1. The van der Waals surface area contributed by atoms with E-state index in [-0.39, 0.29) is 35.9 Å². The molecule has 3 N–H and O–H groups in total. The Balaban J connectivity index is 1.38. The predicted octanol–water partition coefficient (Wildman–Crippen LogP) is 2.62. The molecule has 4 rings (SSSR count). The van der Waals surface area contributed by atoms with E-state index in [0.29, 0.717) is 51.3 Å². The Kier molecular flexibility index (Phi) is 5.50. The number of nitrogens with zero attached hydrogens (tertiary/aromatic N) is 2. The predicted molar refractivity (Wildman–Crippen MR) is 110 cm³/mol. The van der Waals surface area contributed by atoms with E-state index in [0.717, 1.165) is 0 Å². The molecule has 1 saturated heterocycles. The molecule has 2 aliphatic rings. The van der Waals surface area contributed by atoms with Gasteiger partial charge in [0, 0.05) is 36.7 Å². The highest BCUT2D eigenvalue weighted by molar-refractivity contribution is 7.17. The molecule has 2 aromatic rings. The maximum absolute atomic E-state index is 12.5. The zero-order valence-corrected chi connectivity index (χ0v) is 18.1. The lowest BCUT2D eigenvalue weighted by molar-refractivity contribution is 0.0528. The van der Waals surface area contributed by atoms with Crippen molar-refractivity contribution in [3.63, 3.8) is 0 Å². The molecule has 8 nitrogen and oxygen atoms in total. The number of hydrogen-bond donors (Lipinski definition) is 3. The molecule has 3 atom stereocenters. The van der Waals surface area contributed by atoms with Gasteiger partial charge in [-0.1, -0.05) is 34.5 Å². The Morgan fingerprint density at radius 1 is 1.34 bits per heavy atom. The SMILES string of the molecule is CCOC(=O)c1sc(N2C[C@@H]3[C@H](C2)[C@H]3NC(=O)c2[nH]c(C)c(Cl)c2Cl)nc1CO. The molecule has 2 fully saturated rings. The van der Waals surface area contributed by atoms with Crippen LogP contribution in [0.3, 0.4) is 0 Å². The number of aryl methyl sites for hydroxylation is 1. The molecule has 0 unspecified atom stereocenters. The summed E-state index contributed by atoms with van der Waals surface area (Å²) in [6, 6.07) is 0.0685. The minimum absolute atomic E-state index is 0.0685. The first-order chi connectivity index (χ1) is 13.8. The molecule has 0 radical (unpaired) electrons. The zero-order chi connectivity index (χ0) is 20.9. The summed E-state index contributed by atoms with van der Waals surface area (Å²) >= 11 is 13.4. The molecule has 1 aliphatic carbocycles. The molecule has 1 saturated carbocycles. The second-order valence-corrected chi connectivity index (χ2v) is 8.87. The number of rotatable bonds is 6. The van der Waals surface area contributed by atoms with E-state index in [1.54, 1.807) is 13.8 Å². The van der Waals surface area contributed by atoms with Crippen molar-refractivity contribution in [3.05, 3.63) is 32.0 Å². The van der Waals surface area contributed by atoms with Gasteiger partial charge in [-0.05, 0) is 13.8 Å². The molecule has 1 amide bonds. The average Bonchev–Trinajstić information content (AvgIpc) is 3.08. The van der Waals surface area contributed by atoms with Gasteiger partial charge in [0.15, 0.2) is 5.13 Å². The third kappa shape index (κ3) is 3.61. The van der Waals surface area contributed by atoms with E-state index in [1.165, 1.54) is 11.3 Å². The fourth-order valence-electron chi connectivity index (χ4n) is 3.79. The van der Waals surface area contributed by atoms with E-state index in [4.69, 9.17) is 27.9 Å². The summed E-state index contributed by atoms with van der Waals surface area (Å²) in [4.78, 5) is 34.3. The summed E-state index contributed by atoms with van der Waals surface area (Å²) in [6.45, 7) is 4.87. The van der Waals surface area contributed by atoms with Gasteiger partial charge < -0.3 is 25.0 Å². The average molecular weight is 459 g/mol. The van der Waals surface area contributed by atoms with Crippen LogP contribution in [0.25, 0.3) is 0 Å². The van der Waals surface area contributed by atoms with Crippen LogP contribution < -0.4 is 10.2 Å². The van der Waals surface area contributed by atoms with Crippen LogP contribution in [0.4, 0.5) is 5.13 Å². The fourth-order valence-corrected chi connectivity index (χ4v) is 5.19. The van der Waals surface area contributed by atoms with Crippen molar-refractivity contribution in [2.75, 3.05) is 24.6 Å². The summed E-state index contributed by atoms with van der Waals surface area (Å²) in [5, 5.41) is 13.8. The normalized spacial score (nSPS) is 22.5. The first-order valence-electron chi connectivity index (χ1n) is 9.22. The van der Waals surface area contributed by atoms with Crippen molar-refractivity contribution >= 4 is 51.5 Å². The maximum Gasteiger partial charge on any atom is 0.350 e. The number of aliphatic hydroxyl groups excluding tert-OH is 1. The Labute approximate surface area is 181 Å². The quantitative estimate of drug-likeness (QED) is 0.574. The van der Waals surface area contributed by atoms with Crippen LogP contribution in [0.15, 0.2) is 0 Å². The van der Waals surface area contributed by atoms with E-state index in [2.05, 4.69) is 20.2 Å². The van der Waals surface area contributed by atoms with E-state index in [9.17, 15) is 14.7 Å². The monoisotopic (exact) mass is 458 g/mol. The molecule has 11 heteroatoms. The number of anilines is 1. The van der Waals surface area contributed by atoms with Crippen LogP contribution in [0, 0.1) is 18.8 Å². The largest absolute Gasteiger partial charge is 0.462 e. The summed E-state index contributed by atoms with van der Waals surface area (Å²) < 4.78 is 5.03. The smallest absolute Gasteiger partial charge is 0.350 e. The van der Waals surface area contributed by atoms with Gasteiger partial charge in [0.1, 0.15) is 10.6 Å². The molecule has 156 valence electrons. The lowest BCUT2D eigenvalue weighted by Crippen LogP contribution is -2.34. The van der Waals surface area contributed by atoms with E-state index >= 15 is 0 Å². The number of ether oxygens (including phenoxy) is 1. The van der Waals surface area contributed by atoms with Crippen LogP contribution in [-0.2, 0) is 11.3 Å². The van der Waals surface area contributed by atoms with E-state index < -0.39 is 5.97 Å². The number of carbonyl (C=O) groups is 2. The molecule has 2 aromatic heterocycles. The Bertz CT molecular complexity index is 963. The number of nitrogens with one attached hydrogen (secondary N) is 2. The molecule has 0 bridgehead atoms. The second-order valence-electron chi connectivity index (χ2n) is 7.14. The molecule has 3 heterocycles. The first-order valence-corrected chi connectivity index (χ1v) is 10.8. The van der Waals surface area contributed by atoms with Gasteiger partial charge in [0.05, 0.1) is 29.0 Å². The third-order valence-corrected chi connectivity index (χ3v) is 7.43. The lowest BCUT2D eigenvalue weighted by atomic mass is 10.3. The molecule has 29 heavy (non-hydrogen) atoms. The van der Waals surface area contributed by atoms with Gasteiger partial charge in [0.2, 0.25) is 0 Å². The van der Waals surface area contributed by atoms with Crippen molar-refractivity contribution in [2.24, 2.45) is 11.8 Å². The number of fused-ring (bicyclic) bond motifs is 1. The van der Waals surface area contributed by atoms with Crippen molar-refractivity contribution < 1.29 is 19.4 Å². The highest BCUT2D eigenvalue weighted by Gasteiger charge is 2.57. The number of H-pyrrole nitrogens is 1. The van der Waals surface area contributed by atoms with Gasteiger partial charge in [0.25, 0.3) is 5.91 Å². The number of thiazole rings is 1. The first kappa shape index (κ1) is 20.5. The molecule has 0 aromatic carbocycles. The number of aromatic nitrogens is 2.